The summed E-state index contributed by atoms with van der Waals surface area (Å²) in [6, 6.07) is 3.34. The van der Waals surface area contributed by atoms with Gasteiger partial charge in [-0.3, -0.25) is 4.79 Å². The van der Waals surface area contributed by atoms with Crippen molar-refractivity contribution in [2.24, 2.45) is 0 Å². The highest BCUT2D eigenvalue weighted by atomic mass is 16.5. The maximum absolute atomic E-state index is 10.8. The molecule has 0 unspecified atom stereocenters. The summed E-state index contributed by atoms with van der Waals surface area (Å²) in [5, 5.41) is 9.71. The Kier molecular flexibility index (Phi) is 4.17. The SMILES string of the molecule is CCN(CC)c1cc(O)c(C=O)c(OC)c1. The number of phenols is 1. The van der Waals surface area contributed by atoms with E-state index in [-0.39, 0.29) is 11.3 Å². The number of nitrogens with zero attached hydrogens (tertiary/aromatic N) is 1. The predicted molar refractivity (Wildman–Crippen MR) is 63.6 cm³/mol. The number of carbonyl (C=O) groups is 1. The molecule has 0 heterocycles. The van der Waals surface area contributed by atoms with Crippen LogP contribution in [0.2, 0.25) is 0 Å². The molecule has 0 bridgehead atoms. The Bertz CT molecular complexity index is 373. The van der Waals surface area contributed by atoms with Gasteiger partial charge in [-0.1, -0.05) is 0 Å². The van der Waals surface area contributed by atoms with Gasteiger partial charge in [-0.15, -0.1) is 0 Å². The summed E-state index contributed by atoms with van der Waals surface area (Å²) in [5.74, 6) is 0.355. The number of hydrogen-bond donors (Lipinski definition) is 1. The Morgan fingerprint density at radius 3 is 2.44 bits per heavy atom. The number of anilines is 1. The molecule has 0 aliphatic carbocycles. The Labute approximate surface area is 95.5 Å². The van der Waals surface area contributed by atoms with Gasteiger partial charge in [0.15, 0.2) is 6.29 Å². The van der Waals surface area contributed by atoms with E-state index in [1.807, 2.05) is 13.8 Å². The number of carbonyl (C=O) groups excluding carboxylic acids is 1. The number of aromatic hydroxyl groups is 1. The van der Waals surface area contributed by atoms with E-state index in [0.29, 0.717) is 12.0 Å². The quantitative estimate of drug-likeness (QED) is 0.776. The molecule has 1 aromatic rings. The minimum atomic E-state index is -0.0451. The van der Waals surface area contributed by atoms with Crippen LogP contribution in [0.4, 0.5) is 5.69 Å². The van der Waals surface area contributed by atoms with Gasteiger partial charge in [0.1, 0.15) is 11.5 Å². The first-order chi connectivity index (χ1) is 7.67. The van der Waals surface area contributed by atoms with Crippen LogP contribution in [0.5, 0.6) is 11.5 Å². The zero-order valence-corrected chi connectivity index (χ0v) is 9.86. The summed E-state index contributed by atoms with van der Waals surface area (Å²) < 4.78 is 5.08. The standard InChI is InChI=1S/C12H17NO3/c1-4-13(5-2)9-6-11(15)10(8-14)12(7-9)16-3/h6-8,15H,4-5H2,1-3H3. The Hall–Kier alpha value is -1.71. The summed E-state index contributed by atoms with van der Waals surface area (Å²) >= 11 is 0. The first kappa shape index (κ1) is 12.4. The molecule has 1 aromatic carbocycles. The highest BCUT2D eigenvalue weighted by Gasteiger charge is 2.12. The lowest BCUT2D eigenvalue weighted by Crippen LogP contribution is -2.21. The van der Waals surface area contributed by atoms with Crippen molar-refractivity contribution in [1.82, 2.24) is 0 Å². The van der Waals surface area contributed by atoms with Crippen molar-refractivity contribution in [3.8, 4) is 11.5 Å². The van der Waals surface area contributed by atoms with E-state index in [1.165, 1.54) is 7.11 Å². The molecule has 1 rings (SSSR count). The van der Waals surface area contributed by atoms with Crippen molar-refractivity contribution in [3.63, 3.8) is 0 Å². The molecule has 16 heavy (non-hydrogen) atoms. The zero-order chi connectivity index (χ0) is 12.1. The summed E-state index contributed by atoms with van der Waals surface area (Å²) in [4.78, 5) is 12.8. The molecule has 0 aliphatic rings. The third-order valence-electron chi connectivity index (χ3n) is 2.57. The topological polar surface area (TPSA) is 49.8 Å². The van der Waals surface area contributed by atoms with Gasteiger partial charge in [-0.05, 0) is 13.8 Å². The van der Waals surface area contributed by atoms with Gasteiger partial charge in [0.2, 0.25) is 0 Å². The monoisotopic (exact) mass is 223 g/mol. The summed E-state index contributed by atoms with van der Waals surface area (Å²) in [6.07, 6.45) is 0.597. The van der Waals surface area contributed by atoms with Gasteiger partial charge in [-0.25, -0.2) is 0 Å². The number of methoxy groups -OCH3 is 1. The number of phenolic OH excluding ortho intramolecular Hbond substituents is 1. The Morgan fingerprint density at radius 1 is 1.38 bits per heavy atom. The van der Waals surface area contributed by atoms with Crippen molar-refractivity contribution < 1.29 is 14.6 Å². The lowest BCUT2D eigenvalue weighted by Gasteiger charge is -2.22. The maximum atomic E-state index is 10.8. The van der Waals surface area contributed by atoms with Crippen LogP contribution in [0.3, 0.4) is 0 Å². The van der Waals surface area contributed by atoms with Crippen LogP contribution >= 0.6 is 0 Å². The minimum Gasteiger partial charge on any atom is -0.507 e. The second-order valence-corrected chi connectivity index (χ2v) is 3.37. The Morgan fingerprint density at radius 2 is 2.00 bits per heavy atom. The third kappa shape index (κ3) is 2.27. The molecule has 4 nitrogen and oxygen atoms in total. The molecule has 0 saturated heterocycles. The molecule has 0 amide bonds. The average Bonchev–Trinajstić information content (AvgIpc) is 2.29. The van der Waals surface area contributed by atoms with E-state index in [4.69, 9.17) is 4.74 Å². The molecule has 0 fully saturated rings. The van der Waals surface area contributed by atoms with Gasteiger partial charge < -0.3 is 14.7 Å². The molecule has 0 saturated carbocycles. The van der Waals surface area contributed by atoms with Crippen molar-refractivity contribution >= 4 is 12.0 Å². The van der Waals surface area contributed by atoms with E-state index in [2.05, 4.69) is 4.90 Å². The van der Waals surface area contributed by atoms with Crippen LogP contribution in [0.1, 0.15) is 24.2 Å². The average molecular weight is 223 g/mol. The lowest BCUT2D eigenvalue weighted by atomic mass is 10.1. The van der Waals surface area contributed by atoms with E-state index in [0.717, 1.165) is 18.8 Å². The van der Waals surface area contributed by atoms with E-state index >= 15 is 0 Å². The molecule has 0 aromatic heterocycles. The van der Waals surface area contributed by atoms with Crippen LogP contribution < -0.4 is 9.64 Å². The summed E-state index contributed by atoms with van der Waals surface area (Å²) in [6.45, 7) is 5.72. The van der Waals surface area contributed by atoms with Crippen LogP contribution in [-0.2, 0) is 0 Å². The number of rotatable bonds is 5. The third-order valence-corrected chi connectivity index (χ3v) is 2.57. The van der Waals surface area contributed by atoms with E-state index < -0.39 is 0 Å². The molecule has 4 heteroatoms. The summed E-state index contributed by atoms with van der Waals surface area (Å²) in [5.41, 5.74) is 1.04. The van der Waals surface area contributed by atoms with Gasteiger partial charge in [0.25, 0.3) is 0 Å². The number of ether oxygens (including phenoxy) is 1. The predicted octanol–water partition coefficient (Wildman–Crippen LogP) is 2.06. The summed E-state index contributed by atoms with van der Waals surface area (Å²) in [7, 11) is 1.48. The second kappa shape index (κ2) is 5.39. The second-order valence-electron chi connectivity index (χ2n) is 3.37. The van der Waals surface area contributed by atoms with Gasteiger partial charge in [0, 0.05) is 30.9 Å². The van der Waals surface area contributed by atoms with Crippen LogP contribution in [0.15, 0.2) is 12.1 Å². The first-order valence-electron chi connectivity index (χ1n) is 5.29. The van der Waals surface area contributed by atoms with Crippen LogP contribution in [-0.4, -0.2) is 31.6 Å². The first-order valence-corrected chi connectivity index (χ1v) is 5.29. The normalized spacial score (nSPS) is 9.94. The number of aldehydes is 1. The molecular formula is C12H17NO3. The highest BCUT2D eigenvalue weighted by molar-refractivity contribution is 5.85. The molecule has 0 spiro atoms. The van der Waals surface area contributed by atoms with Crippen LogP contribution in [0.25, 0.3) is 0 Å². The van der Waals surface area contributed by atoms with Crippen molar-refractivity contribution in [2.75, 3.05) is 25.1 Å². The van der Waals surface area contributed by atoms with Gasteiger partial charge in [-0.2, -0.15) is 0 Å². The minimum absolute atomic E-state index is 0.0451. The Balaban J connectivity index is 3.24. The molecule has 0 radical (unpaired) electrons. The highest BCUT2D eigenvalue weighted by Crippen LogP contribution is 2.32. The molecule has 1 N–H and O–H groups in total. The van der Waals surface area contributed by atoms with Crippen LogP contribution in [0, 0.1) is 0 Å². The lowest BCUT2D eigenvalue weighted by molar-refractivity contribution is 0.111. The van der Waals surface area contributed by atoms with Gasteiger partial charge in [0.05, 0.1) is 12.7 Å². The largest absolute Gasteiger partial charge is 0.507 e. The number of hydrogen-bond acceptors (Lipinski definition) is 4. The fraction of sp³-hybridized carbons (Fsp3) is 0.417. The molecule has 0 aliphatic heterocycles. The zero-order valence-electron chi connectivity index (χ0n) is 9.86. The van der Waals surface area contributed by atoms with Gasteiger partial charge >= 0.3 is 0 Å². The molecular weight excluding hydrogens is 206 g/mol. The van der Waals surface area contributed by atoms with Crippen molar-refractivity contribution in [3.05, 3.63) is 17.7 Å². The fourth-order valence-corrected chi connectivity index (χ4v) is 1.66. The smallest absolute Gasteiger partial charge is 0.157 e. The van der Waals surface area contributed by atoms with Crippen molar-refractivity contribution in [1.29, 1.82) is 0 Å². The fourth-order valence-electron chi connectivity index (χ4n) is 1.66. The maximum Gasteiger partial charge on any atom is 0.157 e. The van der Waals surface area contributed by atoms with E-state index in [9.17, 15) is 9.90 Å². The molecule has 0 atom stereocenters. The number of benzene rings is 1. The molecule has 88 valence electrons. The van der Waals surface area contributed by atoms with E-state index in [1.54, 1.807) is 12.1 Å². The van der Waals surface area contributed by atoms with Crippen molar-refractivity contribution in [2.45, 2.75) is 13.8 Å².